The molecular formula is C11H14BrN3. The molecule has 0 aliphatic heterocycles. The minimum atomic E-state index is 0.267. The van der Waals surface area contributed by atoms with E-state index in [0.29, 0.717) is 0 Å². The first-order valence-electron chi connectivity index (χ1n) is 4.93. The zero-order valence-corrected chi connectivity index (χ0v) is 10.7. The van der Waals surface area contributed by atoms with Crippen molar-refractivity contribution in [2.75, 3.05) is 7.05 Å². The van der Waals surface area contributed by atoms with Crippen LogP contribution in [0.15, 0.2) is 22.7 Å². The van der Waals surface area contributed by atoms with Crippen molar-refractivity contribution < 1.29 is 0 Å². The van der Waals surface area contributed by atoms with E-state index in [-0.39, 0.29) is 6.04 Å². The summed E-state index contributed by atoms with van der Waals surface area (Å²) >= 11 is 3.49. The van der Waals surface area contributed by atoms with E-state index in [1.54, 1.807) is 0 Å². The Balaban J connectivity index is 2.69. The van der Waals surface area contributed by atoms with E-state index < -0.39 is 0 Å². The first kappa shape index (κ1) is 10.6. The molecule has 0 saturated heterocycles. The molecular weight excluding hydrogens is 254 g/mol. The van der Waals surface area contributed by atoms with Crippen LogP contribution in [0, 0.1) is 0 Å². The zero-order valence-electron chi connectivity index (χ0n) is 9.08. The van der Waals surface area contributed by atoms with Gasteiger partial charge < -0.3 is 5.32 Å². The summed E-state index contributed by atoms with van der Waals surface area (Å²) in [5, 5.41) is 8.95. The highest BCUT2D eigenvalue weighted by Gasteiger charge is 2.13. The van der Waals surface area contributed by atoms with Crippen molar-refractivity contribution in [3.63, 3.8) is 0 Å². The summed E-state index contributed by atoms with van der Waals surface area (Å²) in [5.41, 5.74) is 2.26. The van der Waals surface area contributed by atoms with Gasteiger partial charge in [0.2, 0.25) is 0 Å². The maximum Gasteiger partial charge on any atom is 0.0869 e. The summed E-state index contributed by atoms with van der Waals surface area (Å²) in [6.07, 6.45) is 0. The van der Waals surface area contributed by atoms with Gasteiger partial charge in [-0.3, -0.25) is 4.68 Å². The van der Waals surface area contributed by atoms with Crippen molar-refractivity contribution in [2.45, 2.75) is 13.0 Å². The second-order valence-electron chi connectivity index (χ2n) is 3.68. The highest BCUT2D eigenvalue weighted by molar-refractivity contribution is 9.10. The second kappa shape index (κ2) is 3.94. The van der Waals surface area contributed by atoms with Gasteiger partial charge in [-0.1, -0.05) is 15.9 Å². The van der Waals surface area contributed by atoms with E-state index in [9.17, 15) is 0 Å². The van der Waals surface area contributed by atoms with Crippen LogP contribution < -0.4 is 5.32 Å². The van der Waals surface area contributed by atoms with Gasteiger partial charge >= 0.3 is 0 Å². The molecule has 1 N–H and O–H groups in total. The van der Waals surface area contributed by atoms with Gasteiger partial charge in [0.1, 0.15) is 0 Å². The van der Waals surface area contributed by atoms with E-state index in [0.717, 1.165) is 15.7 Å². The fourth-order valence-corrected chi connectivity index (χ4v) is 2.08. The van der Waals surface area contributed by atoms with Gasteiger partial charge in [0.15, 0.2) is 0 Å². The molecule has 0 amide bonds. The maximum atomic E-state index is 4.53. The molecule has 1 unspecified atom stereocenters. The van der Waals surface area contributed by atoms with Gasteiger partial charge in [-0.15, -0.1) is 0 Å². The van der Waals surface area contributed by atoms with Crippen LogP contribution >= 0.6 is 15.9 Å². The fourth-order valence-electron chi connectivity index (χ4n) is 1.72. The van der Waals surface area contributed by atoms with Crippen molar-refractivity contribution >= 4 is 26.8 Å². The Hall–Kier alpha value is -0.870. The number of halogens is 1. The molecule has 2 rings (SSSR count). The van der Waals surface area contributed by atoms with Gasteiger partial charge in [0.05, 0.1) is 11.2 Å². The SMILES string of the molecule is CNC(C)c1nn(C)c2ccc(Br)cc12. The molecule has 80 valence electrons. The van der Waals surface area contributed by atoms with Crippen LogP contribution in [-0.2, 0) is 7.05 Å². The largest absolute Gasteiger partial charge is 0.312 e. The predicted molar refractivity (Wildman–Crippen MR) is 65.9 cm³/mol. The molecule has 0 spiro atoms. The molecule has 1 heterocycles. The first-order valence-corrected chi connectivity index (χ1v) is 5.72. The van der Waals surface area contributed by atoms with E-state index in [4.69, 9.17) is 0 Å². The second-order valence-corrected chi connectivity index (χ2v) is 4.60. The lowest BCUT2D eigenvalue weighted by molar-refractivity contribution is 0.617. The lowest BCUT2D eigenvalue weighted by atomic mass is 10.1. The van der Waals surface area contributed by atoms with Gasteiger partial charge in [-0.05, 0) is 32.2 Å². The minimum absolute atomic E-state index is 0.267. The lowest BCUT2D eigenvalue weighted by Gasteiger charge is -2.06. The van der Waals surface area contributed by atoms with Crippen LogP contribution in [-0.4, -0.2) is 16.8 Å². The summed E-state index contributed by atoms with van der Waals surface area (Å²) in [6, 6.07) is 6.50. The molecule has 1 aromatic heterocycles. The molecule has 0 saturated carbocycles. The number of fused-ring (bicyclic) bond motifs is 1. The van der Waals surface area contributed by atoms with E-state index in [2.05, 4.69) is 45.4 Å². The van der Waals surface area contributed by atoms with Crippen molar-refractivity contribution in [2.24, 2.45) is 7.05 Å². The molecule has 1 atom stereocenters. The topological polar surface area (TPSA) is 29.9 Å². The number of nitrogens with one attached hydrogen (secondary N) is 1. The van der Waals surface area contributed by atoms with Crippen LogP contribution in [0.1, 0.15) is 18.7 Å². The van der Waals surface area contributed by atoms with Gasteiger partial charge in [0, 0.05) is 22.9 Å². The molecule has 0 fully saturated rings. The van der Waals surface area contributed by atoms with Crippen molar-refractivity contribution in [1.29, 1.82) is 0 Å². The number of aromatic nitrogens is 2. The molecule has 15 heavy (non-hydrogen) atoms. The van der Waals surface area contributed by atoms with Crippen LogP contribution in [0.2, 0.25) is 0 Å². The van der Waals surface area contributed by atoms with E-state index in [1.165, 1.54) is 5.39 Å². The summed E-state index contributed by atoms with van der Waals surface area (Å²) in [4.78, 5) is 0. The Labute approximate surface area is 97.6 Å². The molecule has 0 aliphatic carbocycles. The third-order valence-corrected chi connectivity index (χ3v) is 3.18. The number of hydrogen-bond donors (Lipinski definition) is 1. The molecule has 0 radical (unpaired) electrons. The molecule has 0 bridgehead atoms. The predicted octanol–water partition coefficient (Wildman–Crippen LogP) is 2.62. The average Bonchev–Trinajstić information content (AvgIpc) is 2.54. The Morgan fingerprint density at radius 3 is 2.87 bits per heavy atom. The summed E-state index contributed by atoms with van der Waals surface area (Å²) < 4.78 is 3.01. The highest BCUT2D eigenvalue weighted by atomic mass is 79.9. The monoisotopic (exact) mass is 267 g/mol. The fraction of sp³-hybridized carbons (Fsp3) is 0.364. The zero-order chi connectivity index (χ0) is 11.0. The standard InChI is InChI=1S/C11H14BrN3/c1-7(13-2)11-9-6-8(12)4-5-10(9)15(3)14-11/h4-7,13H,1-3H3. The van der Waals surface area contributed by atoms with Gasteiger partial charge in [0.25, 0.3) is 0 Å². The van der Waals surface area contributed by atoms with Gasteiger partial charge in [-0.25, -0.2) is 0 Å². The Bertz CT molecular complexity index is 490. The van der Waals surface area contributed by atoms with Gasteiger partial charge in [-0.2, -0.15) is 5.10 Å². The normalized spacial score (nSPS) is 13.3. The minimum Gasteiger partial charge on any atom is -0.312 e. The van der Waals surface area contributed by atoms with Crippen molar-refractivity contribution in [3.05, 3.63) is 28.4 Å². The quantitative estimate of drug-likeness (QED) is 0.907. The number of nitrogens with zero attached hydrogens (tertiary/aromatic N) is 2. The lowest BCUT2D eigenvalue weighted by Crippen LogP contribution is -2.13. The Morgan fingerprint density at radius 1 is 1.47 bits per heavy atom. The van der Waals surface area contributed by atoms with Crippen LogP contribution in [0.4, 0.5) is 0 Å². The van der Waals surface area contributed by atoms with E-state index in [1.807, 2.05) is 24.8 Å². The Kier molecular flexibility index (Phi) is 2.80. The summed E-state index contributed by atoms with van der Waals surface area (Å²) in [6.45, 7) is 2.11. The molecule has 0 aliphatic rings. The molecule has 4 heteroatoms. The highest BCUT2D eigenvalue weighted by Crippen LogP contribution is 2.25. The first-order chi connectivity index (χ1) is 7.13. The summed E-state index contributed by atoms with van der Waals surface area (Å²) in [7, 11) is 3.92. The third kappa shape index (κ3) is 1.79. The molecule has 2 aromatic rings. The van der Waals surface area contributed by atoms with E-state index >= 15 is 0 Å². The molecule has 1 aromatic carbocycles. The van der Waals surface area contributed by atoms with Crippen molar-refractivity contribution in [1.82, 2.24) is 15.1 Å². The Morgan fingerprint density at radius 2 is 2.20 bits per heavy atom. The number of rotatable bonds is 2. The maximum absolute atomic E-state index is 4.53. The third-order valence-electron chi connectivity index (χ3n) is 2.68. The summed E-state index contributed by atoms with van der Waals surface area (Å²) in [5.74, 6) is 0. The van der Waals surface area contributed by atoms with Crippen LogP contribution in [0.25, 0.3) is 10.9 Å². The van der Waals surface area contributed by atoms with Crippen LogP contribution in [0.3, 0.4) is 0 Å². The smallest absolute Gasteiger partial charge is 0.0869 e. The average molecular weight is 268 g/mol. The number of benzene rings is 1. The van der Waals surface area contributed by atoms with Crippen LogP contribution in [0.5, 0.6) is 0 Å². The number of aryl methyl sites for hydroxylation is 1. The molecule has 3 nitrogen and oxygen atoms in total. The van der Waals surface area contributed by atoms with Crippen molar-refractivity contribution in [3.8, 4) is 0 Å². The number of hydrogen-bond acceptors (Lipinski definition) is 2.